The minimum Gasteiger partial charge on any atom is -0.453 e. The molecule has 0 aliphatic heterocycles. The summed E-state index contributed by atoms with van der Waals surface area (Å²) in [6.45, 7) is 6.34. The lowest BCUT2D eigenvalue weighted by atomic mass is 10.1. The highest BCUT2D eigenvalue weighted by atomic mass is 35.5. The average molecular weight is 244 g/mol. The summed E-state index contributed by atoms with van der Waals surface area (Å²) in [5, 5.41) is 3.22. The lowest BCUT2D eigenvalue weighted by molar-refractivity contribution is 0.170. The number of benzene rings is 1. The number of ether oxygens (including phenoxy) is 1. The maximum Gasteiger partial charge on any atom is 0.407 e. The van der Waals surface area contributed by atoms with Crippen LogP contribution in [-0.4, -0.2) is 13.2 Å². The van der Waals surface area contributed by atoms with Crippen molar-refractivity contribution in [3.8, 4) is 0 Å². The normalized spacial score (nSPS) is 8.81. The first-order valence-electron chi connectivity index (χ1n) is 5.20. The molecule has 0 saturated carbocycles. The van der Waals surface area contributed by atoms with E-state index >= 15 is 0 Å². The van der Waals surface area contributed by atoms with Crippen LogP contribution in [0, 0.1) is 6.92 Å². The minimum absolute atomic E-state index is 0.381. The number of carbonyl (C=O) groups is 1. The standard InChI is InChI=1S/C10H12ClNO2.C2H6/c1-7-3-4-8(9(11)5-7)6-12-10(13)14-2;1-2/h3-5H,6H2,1-2H3,(H,12,13);1-2H3. The molecular formula is C12H18ClNO2. The molecular weight excluding hydrogens is 226 g/mol. The van der Waals surface area contributed by atoms with Gasteiger partial charge in [-0.05, 0) is 24.1 Å². The Hall–Kier alpha value is -1.22. The van der Waals surface area contributed by atoms with Gasteiger partial charge in [0.05, 0.1) is 7.11 Å². The number of amides is 1. The molecule has 0 bridgehead atoms. The van der Waals surface area contributed by atoms with Gasteiger partial charge in [-0.3, -0.25) is 0 Å². The van der Waals surface area contributed by atoms with Gasteiger partial charge in [-0.2, -0.15) is 0 Å². The number of carbonyl (C=O) groups excluding carboxylic acids is 1. The molecule has 0 aliphatic rings. The average Bonchev–Trinajstić information content (AvgIpc) is 2.30. The first-order chi connectivity index (χ1) is 7.63. The number of hydrogen-bond acceptors (Lipinski definition) is 2. The molecule has 1 aromatic carbocycles. The highest BCUT2D eigenvalue weighted by Gasteiger charge is 2.02. The van der Waals surface area contributed by atoms with Crippen molar-refractivity contribution in [2.75, 3.05) is 7.11 Å². The summed E-state index contributed by atoms with van der Waals surface area (Å²) in [5.74, 6) is 0. The van der Waals surface area contributed by atoms with Crippen LogP contribution in [0.15, 0.2) is 18.2 Å². The lowest BCUT2D eigenvalue weighted by Crippen LogP contribution is -2.22. The third kappa shape index (κ3) is 5.03. The number of nitrogens with one attached hydrogen (secondary N) is 1. The first kappa shape index (κ1) is 14.8. The second kappa shape index (κ2) is 7.99. The van der Waals surface area contributed by atoms with Crippen LogP contribution < -0.4 is 5.32 Å². The summed E-state index contributed by atoms with van der Waals surface area (Å²) in [5.41, 5.74) is 1.97. The van der Waals surface area contributed by atoms with Crippen LogP contribution >= 0.6 is 11.6 Å². The van der Waals surface area contributed by atoms with Crippen LogP contribution in [0.5, 0.6) is 0 Å². The van der Waals surface area contributed by atoms with Crippen LogP contribution in [-0.2, 0) is 11.3 Å². The number of halogens is 1. The first-order valence-corrected chi connectivity index (χ1v) is 5.58. The summed E-state index contributed by atoms with van der Waals surface area (Å²) in [7, 11) is 1.33. The van der Waals surface area contributed by atoms with Gasteiger partial charge in [-0.25, -0.2) is 4.79 Å². The number of alkyl carbamates (subject to hydrolysis) is 1. The van der Waals surface area contributed by atoms with Gasteiger partial charge >= 0.3 is 6.09 Å². The Morgan fingerprint density at radius 2 is 2.06 bits per heavy atom. The zero-order valence-electron chi connectivity index (χ0n) is 10.1. The van der Waals surface area contributed by atoms with Crippen LogP contribution in [0.1, 0.15) is 25.0 Å². The quantitative estimate of drug-likeness (QED) is 0.863. The Morgan fingerprint density at radius 1 is 1.44 bits per heavy atom. The SMILES string of the molecule is CC.COC(=O)NCc1ccc(C)cc1Cl. The molecule has 0 unspecified atom stereocenters. The molecule has 1 amide bonds. The van der Waals surface area contributed by atoms with Crippen LogP contribution in [0.4, 0.5) is 4.79 Å². The molecule has 0 radical (unpaired) electrons. The molecule has 0 spiro atoms. The van der Waals surface area contributed by atoms with Crippen molar-refractivity contribution < 1.29 is 9.53 Å². The molecule has 0 heterocycles. The van der Waals surface area contributed by atoms with Crippen LogP contribution in [0.25, 0.3) is 0 Å². The van der Waals surface area contributed by atoms with Gasteiger partial charge in [0.1, 0.15) is 0 Å². The molecule has 1 aromatic rings. The highest BCUT2D eigenvalue weighted by Crippen LogP contribution is 2.17. The Morgan fingerprint density at radius 3 is 2.56 bits per heavy atom. The minimum atomic E-state index is -0.457. The number of rotatable bonds is 2. The van der Waals surface area contributed by atoms with Crippen LogP contribution in [0.3, 0.4) is 0 Å². The van der Waals surface area contributed by atoms with Crippen molar-refractivity contribution in [1.29, 1.82) is 0 Å². The Kier molecular flexibility index (Phi) is 7.38. The zero-order valence-corrected chi connectivity index (χ0v) is 10.9. The molecule has 0 atom stereocenters. The van der Waals surface area contributed by atoms with E-state index in [4.69, 9.17) is 11.6 Å². The summed E-state index contributed by atoms with van der Waals surface area (Å²) < 4.78 is 4.44. The van der Waals surface area contributed by atoms with Crippen molar-refractivity contribution in [2.45, 2.75) is 27.3 Å². The fourth-order valence-electron chi connectivity index (χ4n) is 1.04. The maximum atomic E-state index is 10.8. The monoisotopic (exact) mass is 243 g/mol. The second-order valence-corrected chi connectivity index (χ2v) is 3.35. The topological polar surface area (TPSA) is 38.3 Å². The third-order valence-corrected chi connectivity index (χ3v) is 2.17. The number of hydrogen-bond donors (Lipinski definition) is 1. The fourth-order valence-corrected chi connectivity index (χ4v) is 1.34. The predicted molar refractivity (Wildman–Crippen MR) is 66.8 cm³/mol. The fraction of sp³-hybridized carbons (Fsp3) is 0.417. The largest absolute Gasteiger partial charge is 0.453 e. The third-order valence-electron chi connectivity index (χ3n) is 1.82. The molecule has 0 saturated heterocycles. The predicted octanol–water partition coefficient (Wildman–Crippen LogP) is 3.53. The molecule has 90 valence electrons. The van der Waals surface area contributed by atoms with Gasteiger partial charge in [0.2, 0.25) is 0 Å². The number of methoxy groups -OCH3 is 1. The second-order valence-electron chi connectivity index (χ2n) is 2.94. The van der Waals surface area contributed by atoms with Crippen molar-refractivity contribution in [1.82, 2.24) is 5.32 Å². The van der Waals surface area contributed by atoms with E-state index < -0.39 is 6.09 Å². The van der Waals surface area contributed by atoms with E-state index in [2.05, 4.69) is 10.1 Å². The van der Waals surface area contributed by atoms with Crippen molar-refractivity contribution >= 4 is 17.7 Å². The molecule has 4 heteroatoms. The lowest BCUT2D eigenvalue weighted by Gasteiger charge is -2.06. The van der Waals surface area contributed by atoms with Gasteiger partial charge in [-0.1, -0.05) is 37.6 Å². The molecule has 0 fully saturated rings. The summed E-state index contributed by atoms with van der Waals surface area (Å²) in [6.07, 6.45) is -0.457. The molecule has 0 aliphatic carbocycles. The van der Waals surface area contributed by atoms with Gasteiger partial charge in [0.15, 0.2) is 0 Å². The van der Waals surface area contributed by atoms with E-state index in [1.807, 2.05) is 39.0 Å². The van der Waals surface area contributed by atoms with E-state index in [9.17, 15) is 4.79 Å². The van der Waals surface area contributed by atoms with E-state index in [1.165, 1.54) is 7.11 Å². The van der Waals surface area contributed by atoms with Crippen molar-refractivity contribution in [3.63, 3.8) is 0 Å². The van der Waals surface area contributed by atoms with E-state index in [1.54, 1.807) is 0 Å². The van der Waals surface area contributed by atoms with Gasteiger partial charge in [0.25, 0.3) is 0 Å². The molecule has 1 N–H and O–H groups in total. The maximum absolute atomic E-state index is 10.8. The van der Waals surface area contributed by atoms with E-state index in [0.29, 0.717) is 11.6 Å². The summed E-state index contributed by atoms with van der Waals surface area (Å²) in [6, 6.07) is 5.68. The number of aryl methyl sites for hydroxylation is 1. The van der Waals surface area contributed by atoms with Gasteiger partial charge in [0, 0.05) is 11.6 Å². The molecule has 3 nitrogen and oxygen atoms in total. The van der Waals surface area contributed by atoms with Crippen LogP contribution in [0.2, 0.25) is 5.02 Å². The van der Waals surface area contributed by atoms with E-state index in [-0.39, 0.29) is 0 Å². The molecule has 1 rings (SSSR count). The van der Waals surface area contributed by atoms with Crippen molar-refractivity contribution in [2.24, 2.45) is 0 Å². The smallest absolute Gasteiger partial charge is 0.407 e. The van der Waals surface area contributed by atoms with Crippen molar-refractivity contribution in [3.05, 3.63) is 34.3 Å². The zero-order chi connectivity index (χ0) is 12.6. The summed E-state index contributed by atoms with van der Waals surface area (Å²) >= 11 is 5.96. The Bertz CT molecular complexity index is 340. The van der Waals surface area contributed by atoms with Gasteiger partial charge < -0.3 is 10.1 Å². The van der Waals surface area contributed by atoms with Gasteiger partial charge in [-0.15, -0.1) is 0 Å². The Labute approximate surface area is 102 Å². The Balaban J connectivity index is 0.00000106. The molecule has 16 heavy (non-hydrogen) atoms. The van der Waals surface area contributed by atoms with E-state index in [0.717, 1.165) is 11.1 Å². The summed E-state index contributed by atoms with van der Waals surface area (Å²) in [4.78, 5) is 10.8. The highest BCUT2D eigenvalue weighted by molar-refractivity contribution is 6.31. The molecule has 0 aromatic heterocycles.